The molecule has 132 valence electrons. The topological polar surface area (TPSA) is 82.0 Å². The van der Waals surface area contributed by atoms with E-state index in [-0.39, 0.29) is 22.4 Å². The summed E-state index contributed by atoms with van der Waals surface area (Å²) in [5, 5.41) is 13.2. The highest BCUT2D eigenvalue weighted by molar-refractivity contribution is 7.93. The number of sulfonamides is 1. The molecule has 1 fully saturated rings. The Balaban J connectivity index is 2.09. The Morgan fingerprint density at radius 2 is 2.25 bits per heavy atom. The van der Waals surface area contributed by atoms with Gasteiger partial charge in [0.1, 0.15) is 6.17 Å². The van der Waals surface area contributed by atoms with Crippen LogP contribution in [0.2, 0.25) is 0 Å². The molecule has 1 saturated heterocycles. The molecule has 0 aromatic carbocycles. The number of allylic oxidation sites excluding steroid dienone is 5. The summed E-state index contributed by atoms with van der Waals surface area (Å²) in [4.78, 5) is 3.60. The van der Waals surface area contributed by atoms with Crippen LogP contribution in [0.25, 0.3) is 0 Å². The van der Waals surface area contributed by atoms with E-state index < -0.39 is 21.6 Å². The van der Waals surface area contributed by atoms with E-state index in [1.54, 1.807) is 0 Å². The highest BCUT2D eigenvalue weighted by Gasteiger charge is 2.51. The molecular formula is C16H22FN3O3S. The first-order valence-corrected chi connectivity index (χ1v) is 9.47. The second-order valence-corrected chi connectivity index (χ2v) is 8.39. The average Bonchev–Trinajstić information content (AvgIpc) is 2.76. The number of aliphatic imine (C=N–C) groups is 1. The summed E-state index contributed by atoms with van der Waals surface area (Å²) in [6.45, 7) is 5.01. The average molecular weight is 355 g/mol. The van der Waals surface area contributed by atoms with Gasteiger partial charge in [0.2, 0.25) is 15.9 Å². The van der Waals surface area contributed by atoms with Gasteiger partial charge >= 0.3 is 0 Å². The lowest BCUT2D eigenvalue weighted by Gasteiger charge is -2.40. The molecule has 6 nitrogen and oxygen atoms in total. The highest BCUT2D eigenvalue weighted by atomic mass is 32.2. The van der Waals surface area contributed by atoms with Gasteiger partial charge in [-0.15, -0.1) is 0 Å². The lowest BCUT2D eigenvalue weighted by molar-refractivity contribution is 0.253. The lowest BCUT2D eigenvalue weighted by atomic mass is 9.74. The molecule has 1 aliphatic carbocycles. The minimum Gasteiger partial charge on any atom is -0.493 e. The summed E-state index contributed by atoms with van der Waals surface area (Å²) in [5.41, 5.74) is -1.28. The van der Waals surface area contributed by atoms with Crippen LogP contribution in [-0.2, 0) is 10.0 Å². The van der Waals surface area contributed by atoms with Crippen LogP contribution in [0.4, 0.5) is 4.39 Å². The van der Waals surface area contributed by atoms with Crippen LogP contribution in [0.1, 0.15) is 20.3 Å². The normalized spacial score (nSPS) is 34.7. The smallest absolute Gasteiger partial charge is 0.240 e. The van der Waals surface area contributed by atoms with E-state index in [4.69, 9.17) is 0 Å². The molecule has 2 heterocycles. The van der Waals surface area contributed by atoms with Gasteiger partial charge in [0.15, 0.2) is 0 Å². The Bertz CT molecular complexity index is 757. The van der Waals surface area contributed by atoms with Crippen molar-refractivity contribution in [1.29, 1.82) is 0 Å². The maximum Gasteiger partial charge on any atom is 0.240 e. The fourth-order valence-corrected chi connectivity index (χ4v) is 5.67. The van der Waals surface area contributed by atoms with E-state index in [9.17, 15) is 17.9 Å². The zero-order valence-corrected chi connectivity index (χ0v) is 14.6. The summed E-state index contributed by atoms with van der Waals surface area (Å²) in [5.74, 6) is -0.339. The van der Waals surface area contributed by atoms with Crippen molar-refractivity contribution >= 4 is 16.2 Å². The van der Waals surface area contributed by atoms with Gasteiger partial charge in [-0.25, -0.2) is 17.8 Å². The highest BCUT2D eigenvalue weighted by Crippen LogP contribution is 2.48. The summed E-state index contributed by atoms with van der Waals surface area (Å²) < 4.78 is 42.8. The van der Waals surface area contributed by atoms with Gasteiger partial charge in [0, 0.05) is 30.9 Å². The van der Waals surface area contributed by atoms with Gasteiger partial charge < -0.3 is 10.4 Å². The number of nitrogens with one attached hydrogen (secondary N) is 1. The zero-order chi connectivity index (χ0) is 17.5. The number of hydrogen-bond acceptors (Lipinski definition) is 5. The SMILES string of the molecule is CC1CNCCCN1S(=O)(=O)C1=CC=CC2=C(O)N=CC(F)C12C. The van der Waals surface area contributed by atoms with Crippen molar-refractivity contribution in [2.45, 2.75) is 32.5 Å². The molecule has 0 aromatic heterocycles. The molecule has 8 heteroatoms. The number of hydrogen-bond donors (Lipinski definition) is 2. The van der Waals surface area contributed by atoms with Crippen LogP contribution in [-0.4, -0.2) is 55.9 Å². The quantitative estimate of drug-likeness (QED) is 0.789. The van der Waals surface area contributed by atoms with Crippen LogP contribution in [0.5, 0.6) is 0 Å². The third kappa shape index (κ3) is 2.53. The Labute approximate surface area is 141 Å². The molecule has 0 spiro atoms. The number of nitrogens with zero attached hydrogens (tertiary/aromatic N) is 2. The van der Waals surface area contributed by atoms with Crippen molar-refractivity contribution in [2.24, 2.45) is 10.4 Å². The summed E-state index contributed by atoms with van der Waals surface area (Å²) in [7, 11) is -3.89. The maximum atomic E-state index is 14.7. The number of aliphatic hydroxyl groups excluding tert-OH is 1. The molecule has 2 aliphatic heterocycles. The van der Waals surface area contributed by atoms with Crippen molar-refractivity contribution in [3.05, 3.63) is 34.6 Å². The first-order valence-electron chi connectivity index (χ1n) is 8.03. The summed E-state index contributed by atoms with van der Waals surface area (Å²) >= 11 is 0. The standard InChI is InChI=1S/C16H22FN3O3S/c1-11-9-18-7-4-8-20(11)24(22,23)14-6-3-5-12-15(21)19-10-13(17)16(12,14)2/h3,5-6,10-11,13,18,21H,4,7-9H2,1-2H3. The molecule has 3 atom stereocenters. The van der Waals surface area contributed by atoms with E-state index in [1.807, 2.05) is 6.92 Å². The van der Waals surface area contributed by atoms with Gasteiger partial charge in [-0.3, -0.25) is 0 Å². The fraction of sp³-hybridized carbons (Fsp3) is 0.562. The minimum atomic E-state index is -3.89. The van der Waals surface area contributed by atoms with E-state index in [2.05, 4.69) is 10.3 Å². The summed E-state index contributed by atoms with van der Waals surface area (Å²) in [6, 6.07) is -0.232. The number of rotatable bonds is 2. The van der Waals surface area contributed by atoms with Gasteiger partial charge in [0.25, 0.3) is 0 Å². The second-order valence-electron chi connectivity index (χ2n) is 6.53. The molecule has 3 unspecified atom stereocenters. The predicted molar refractivity (Wildman–Crippen MR) is 90.9 cm³/mol. The maximum absolute atomic E-state index is 14.7. The fourth-order valence-electron chi connectivity index (χ4n) is 3.49. The van der Waals surface area contributed by atoms with Gasteiger partial charge in [-0.2, -0.15) is 4.31 Å². The monoisotopic (exact) mass is 355 g/mol. The van der Waals surface area contributed by atoms with Crippen LogP contribution < -0.4 is 5.32 Å². The van der Waals surface area contributed by atoms with Crippen molar-refractivity contribution in [1.82, 2.24) is 9.62 Å². The van der Waals surface area contributed by atoms with Gasteiger partial charge in [0.05, 0.1) is 10.3 Å². The third-order valence-electron chi connectivity index (χ3n) is 4.95. The molecule has 0 radical (unpaired) electrons. The molecule has 0 saturated carbocycles. The van der Waals surface area contributed by atoms with Crippen molar-refractivity contribution in [3.63, 3.8) is 0 Å². The number of fused-ring (bicyclic) bond motifs is 1. The Kier molecular flexibility index (Phi) is 4.39. The molecule has 24 heavy (non-hydrogen) atoms. The number of halogens is 1. The van der Waals surface area contributed by atoms with Crippen LogP contribution in [0, 0.1) is 5.41 Å². The zero-order valence-electron chi connectivity index (χ0n) is 13.7. The van der Waals surface area contributed by atoms with Crippen molar-refractivity contribution < 1.29 is 17.9 Å². The molecular weight excluding hydrogens is 333 g/mol. The summed E-state index contributed by atoms with van der Waals surface area (Å²) in [6.07, 6.45) is 4.50. The molecule has 2 N–H and O–H groups in total. The van der Waals surface area contributed by atoms with Gasteiger partial charge in [-0.1, -0.05) is 12.2 Å². The van der Waals surface area contributed by atoms with Crippen LogP contribution in [0.3, 0.4) is 0 Å². The molecule has 0 amide bonds. The van der Waals surface area contributed by atoms with E-state index in [0.29, 0.717) is 19.5 Å². The largest absolute Gasteiger partial charge is 0.493 e. The Morgan fingerprint density at radius 3 is 3.00 bits per heavy atom. The second kappa shape index (κ2) is 6.09. The number of aliphatic hydroxyl groups is 1. The first-order chi connectivity index (χ1) is 11.3. The van der Waals surface area contributed by atoms with E-state index in [0.717, 1.165) is 12.8 Å². The third-order valence-corrected chi connectivity index (χ3v) is 7.23. The molecule has 0 bridgehead atoms. The first kappa shape index (κ1) is 17.3. The number of alkyl halides is 1. The van der Waals surface area contributed by atoms with E-state index >= 15 is 0 Å². The molecule has 0 aromatic rings. The lowest BCUT2D eigenvalue weighted by Crippen LogP contribution is -2.48. The van der Waals surface area contributed by atoms with E-state index in [1.165, 1.54) is 29.5 Å². The van der Waals surface area contributed by atoms with Crippen LogP contribution >= 0.6 is 0 Å². The predicted octanol–water partition coefficient (Wildman–Crippen LogP) is 1.65. The molecule has 3 rings (SSSR count). The van der Waals surface area contributed by atoms with Gasteiger partial charge in [-0.05, 0) is 32.9 Å². The van der Waals surface area contributed by atoms with Crippen molar-refractivity contribution in [2.75, 3.05) is 19.6 Å². The minimum absolute atomic E-state index is 0.0357. The Morgan fingerprint density at radius 1 is 1.50 bits per heavy atom. The van der Waals surface area contributed by atoms with Crippen molar-refractivity contribution in [3.8, 4) is 0 Å². The van der Waals surface area contributed by atoms with Crippen LogP contribution in [0.15, 0.2) is 39.6 Å². The molecule has 3 aliphatic rings. The Hall–Kier alpha value is -1.51.